The van der Waals surface area contributed by atoms with Crippen LogP contribution in [0.5, 0.6) is 5.75 Å². The molecule has 0 aliphatic rings. The zero-order valence-electron chi connectivity index (χ0n) is 12.1. The first kappa shape index (κ1) is 17.4. The van der Waals surface area contributed by atoms with E-state index in [1.54, 1.807) is 12.1 Å². The summed E-state index contributed by atoms with van der Waals surface area (Å²) in [7, 11) is 1.01. The summed E-state index contributed by atoms with van der Waals surface area (Å²) in [4.78, 5) is 11.3. The number of carbonyl (C=O) groups is 1. The largest absolute Gasteiger partial charge is 0.494 e. The Labute approximate surface area is 122 Å². The minimum atomic E-state index is -3.01. The van der Waals surface area contributed by atoms with Crippen molar-refractivity contribution in [2.45, 2.75) is 32.3 Å². The quantitative estimate of drug-likeness (QED) is 0.592. The van der Waals surface area contributed by atoms with Crippen molar-refractivity contribution in [3.63, 3.8) is 0 Å². The third-order valence-electron chi connectivity index (χ3n) is 3.07. The first-order valence-corrected chi connectivity index (χ1v) is 6.78. The number of halogens is 2. The van der Waals surface area contributed by atoms with Crippen LogP contribution in [-0.2, 0) is 9.53 Å². The number of hydrogen-bond donors (Lipinski definition) is 1. The molecule has 0 saturated heterocycles. The van der Waals surface area contributed by atoms with Crippen molar-refractivity contribution in [1.82, 2.24) is 0 Å². The molecular weight excluding hydrogens is 282 g/mol. The third kappa shape index (κ3) is 4.97. The minimum Gasteiger partial charge on any atom is -0.494 e. The molecule has 0 bridgehead atoms. The molecule has 0 radical (unpaired) electrons. The van der Waals surface area contributed by atoms with Crippen molar-refractivity contribution in [3.05, 3.63) is 29.8 Å². The zero-order chi connectivity index (χ0) is 15.8. The molecule has 0 aromatic heterocycles. The molecular formula is C15H20F2O4. The molecule has 0 aliphatic carbocycles. The van der Waals surface area contributed by atoms with Crippen molar-refractivity contribution in [1.29, 1.82) is 0 Å². The molecule has 21 heavy (non-hydrogen) atoms. The maximum atomic E-state index is 12.9. The maximum absolute atomic E-state index is 12.9. The van der Waals surface area contributed by atoms with Gasteiger partial charge in [-0.05, 0) is 24.1 Å². The van der Waals surface area contributed by atoms with Gasteiger partial charge in [0.15, 0.2) is 0 Å². The summed E-state index contributed by atoms with van der Waals surface area (Å²) < 4.78 is 35.5. The van der Waals surface area contributed by atoms with E-state index >= 15 is 0 Å². The molecule has 4 nitrogen and oxygen atoms in total. The fourth-order valence-electron chi connectivity index (χ4n) is 1.81. The molecule has 0 heterocycles. The summed E-state index contributed by atoms with van der Waals surface area (Å²) in [6.07, 6.45) is -2.71. The molecule has 1 N–H and O–H groups in total. The maximum Gasteiger partial charge on any atom is 0.317 e. The van der Waals surface area contributed by atoms with Crippen LogP contribution >= 0.6 is 0 Å². The monoisotopic (exact) mass is 302 g/mol. The number of unbranched alkanes of at least 4 members (excludes halogenated alkanes) is 1. The molecule has 6 heteroatoms. The molecule has 1 aromatic rings. The second-order valence-electron chi connectivity index (χ2n) is 4.60. The van der Waals surface area contributed by atoms with Crippen LogP contribution in [0.3, 0.4) is 0 Å². The number of ether oxygens (including phenoxy) is 2. The molecule has 0 spiro atoms. The average Bonchev–Trinajstić information content (AvgIpc) is 2.47. The lowest BCUT2D eigenvalue weighted by atomic mass is 9.96. The number of alkyl halides is 2. The molecule has 1 rings (SSSR count). The van der Waals surface area contributed by atoms with Crippen molar-refractivity contribution in [3.8, 4) is 5.75 Å². The summed E-state index contributed by atoms with van der Waals surface area (Å²) >= 11 is 0. The fraction of sp³-hybridized carbons (Fsp3) is 0.533. The lowest BCUT2D eigenvalue weighted by Gasteiger charge is -2.20. The summed E-state index contributed by atoms with van der Waals surface area (Å²) in [5.74, 6) is -2.45. The Bertz CT molecular complexity index is 434. The Balaban J connectivity index is 2.77. The van der Waals surface area contributed by atoms with E-state index < -0.39 is 24.4 Å². The topological polar surface area (TPSA) is 55.8 Å². The predicted molar refractivity (Wildman–Crippen MR) is 73.3 cm³/mol. The van der Waals surface area contributed by atoms with Crippen molar-refractivity contribution in [2.24, 2.45) is 5.92 Å². The normalized spacial score (nSPS) is 13.8. The van der Waals surface area contributed by atoms with Gasteiger partial charge in [0.05, 0.1) is 19.8 Å². The molecule has 0 saturated carbocycles. The fourth-order valence-corrected chi connectivity index (χ4v) is 1.81. The highest BCUT2D eigenvalue weighted by Gasteiger charge is 2.37. The molecule has 1 aromatic carbocycles. The summed E-state index contributed by atoms with van der Waals surface area (Å²) in [5, 5.41) is 9.94. The van der Waals surface area contributed by atoms with Crippen LogP contribution < -0.4 is 4.74 Å². The van der Waals surface area contributed by atoms with E-state index in [9.17, 15) is 18.7 Å². The van der Waals surface area contributed by atoms with Crippen LogP contribution in [-0.4, -0.2) is 31.2 Å². The number of aliphatic hydroxyl groups excluding tert-OH is 1. The van der Waals surface area contributed by atoms with E-state index in [2.05, 4.69) is 4.74 Å². The van der Waals surface area contributed by atoms with Crippen molar-refractivity contribution in [2.75, 3.05) is 13.7 Å². The second kappa shape index (κ2) is 8.56. The molecule has 2 unspecified atom stereocenters. The summed E-state index contributed by atoms with van der Waals surface area (Å²) in [5.41, 5.74) is 0.216. The van der Waals surface area contributed by atoms with Crippen LogP contribution in [0.4, 0.5) is 8.78 Å². The van der Waals surface area contributed by atoms with Crippen LogP contribution in [0.1, 0.15) is 31.4 Å². The number of methoxy groups -OCH3 is 1. The second-order valence-corrected chi connectivity index (χ2v) is 4.60. The van der Waals surface area contributed by atoms with Gasteiger partial charge in [-0.25, -0.2) is 8.78 Å². The number of carbonyl (C=O) groups excluding carboxylic acids is 1. The molecule has 0 aliphatic heterocycles. The Kier molecular flexibility index (Phi) is 7.08. The Hall–Kier alpha value is -1.69. The van der Waals surface area contributed by atoms with Gasteiger partial charge in [0, 0.05) is 0 Å². The van der Waals surface area contributed by atoms with Crippen LogP contribution in [0, 0.1) is 5.92 Å². The number of hydrogen-bond acceptors (Lipinski definition) is 4. The van der Waals surface area contributed by atoms with Gasteiger partial charge in [-0.3, -0.25) is 4.79 Å². The highest BCUT2D eigenvalue weighted by molar-refractivity contribution is 5.73. The third-order valence-corrected chi connectivity index (χ3v) is 3.07. The van der Waals surface area contributed by atoms with Gasteiger partial charge in [-0.2, -0.15) is 0 Å². The van der Waals surface area contributed by atoms with Crippen LogP contribution in [0.25, 0.3) is 0 Å². The van der Waals surface area contributed by atoms with E-state index in [0.29, 0.717) is 12.4 Å². The SMILES string of the molecule is CCCCOc1ccc(C(O)C(C(=O)OC)C(F)F)cc1. The smallest absolute Gasteiger partial charge is 0.317 e. The van der Waals surface area contributed by atoms with Crippen LogP contribution in [0.15, 0.2) is 24.3 Å². The first-order valence-electron chi connectivity index (χ1n) is 6.78. The van der Waals surface area contributed by atoms with Crippen molar-refractivity contribution < 1.29 is 28.2 Å². The standard InChI is InChI=1S/C15H20F2O4/c1-3-4-9-21-11-7-5-10(6-8-11)13(18)12(14(16)17)15(19)20-2/h5-8,12-14,18H,3-4,9H2,1-2H3. The van der Waals surface area contributed by atoms with Gasteiger partial charge >= 0.3 is 5.97 Å². The highest BCUT2D eigenvalue weighted by Crippen LogP contribution is 2.29. The molecule has 0 amide bonds. The van der Waals surface area contributed by atoms with E-state index in [0.717, 1.165) is 20.0 Å². The lowest BCUT2D eigenvalue weighted by molar-refractivity contribution is -0.157. The van der Waals surface area contributed by atoms with Gasteiger partial charge < -0.3 is 14.6 Å². The Morgan fingerprint density at radius 1 is 1.29 bits per heavy atom. The van der Waals surface area contributed by atoms with E-state index in [4.69, 9.17) is 4.74 Å². The van der Waals surface area contributed by atoms with Gasteiger partial charge in [0.25, 0.3) is 6.43 Å². The van der Waals surface area contributed by atoms with Gasteiger partial charge in [0.1, 0.15) is 11.7 Å². The molecule has 0 fully saturated rings. The minimum absolute atomic E-state index is 0.216. The van der Waals surface area contributed by atoms with E-state index in [1.165, 1.54) is 12.1 Å². The average molecular weight is 302 g/mol. The molecule has 2 atom stereocenters. The first-order chi connectivity index (χ1) is 10.0. The molecule has 118 valence electrons. The van der Waals surface area contributed by atoms with Gasteiger partial charge in [0.2, 0.25) is 0 Å². The van der Waals surface area contributed by atoms with Crippen LogP contribution in [0.2, 0.25) is 0 Å². The number of rotatable bonds is 8. The number of aliphatic hydroxyl groups is 1. The van der Waals surface area contributed by atoms with Crippen molar-refractivity contribution >= 4 is 5.97 Å². The van der Waals surface area contributed by atoms with E-state index in [-0.39, 0.29) is 5.56 Å². The highest BCUT2D eigenvalue weighted by atomic mass is 19.3. The van der Waals surface area contributed by atoms with Gasteiger partial charge in [-0.1, -0.05) is 25.5 Å². The zero-order valence-corrected chi connectivity index (χ0v) is 12.1. The lowest BCUT2D eigenvalue weighted by Crippen LogP contribution is -2.30. The Morgan fingerprint density at radius 3 is 2.38 bits per heavy atom. The summed E-state index contributed by atoms with van der Waals surface area (Å²) in [6.45, 7) is 2.61. The van der Waals surface area contributed by atoms with E-state index in [1.807, 2.05) is 6.92 Å². The predicted octanol–water partition coefficient (Wildman–Crippen LogP) is 2.95. The van der Waals surface area contributed by atoms with Gasteiger partial charge in [-0.15, -0.1) is 0 Å². The number of esters is 1. The Morgan fingerprint density at radius 2 is 1.90 bits per heavy atom. The summed E-state index contributed by atoms with van der Waals surface area (Å²) in [6, 6.07) is 6.08. The number of benzene rings is 1.